The summed E-state index contributed by atoms with van der Waals surface area (Å²) in [5, 5.41) is 22.1. The van der Waals surface area contributed by atoms with Crippen LogP contribution in [0.5, 0.6) is 0 Å². The van der Waals surface area contributed by atoms with Gasteiger partial charge in [0.2, 0.25) is 5.91 Å². The number of hydrogen-bond donors (Lipinski definition) is 2. The number of tetrazole rings is 1. The average molecular weight is 285 g/mol. The Labute approximate surface area is 122 Å². The van der Waals surface area contributed by atoms with Gasteiger partial charge in [0.15, 0.2) is 0 Å². The van der Waals surface area contributed by atoms with E-state index in [4.69, 9.17) is 5.11 Å². The van der Waals surface area contributed by atoms with Crippen LogP contribution in [-0.2, 0) is 11.3 Å². The van der Waals surface area contributed by atoms with Crippen molar-refractivity contribution >= 4 is 11.6 Å². The molecule has 0 saturated carbocycles. The molecule has 0 spiro atoms. The second kappa shape index (κ2) is 7.17. The zero-order chi connectivity index (χ0) is 15.1. The van der Waals surface area contributed by atoms with Crippen LogP contribution in [-0.4, -0.2) is 37.8 Å². The molecule has 7 heteroatoms. The standard InChI is InChI=1S/C14H15N5O2/c1-11-5-6-13(8-12(11)4-2-3-7-20)16-14(21)9-19-10-15-17-18-19/h5-6,8,10,20H,3,7,9H2,1H3,(H,16,21). The predicted octanol–water partition coefficient (Wildman–Crippen LogP) is 0.354. The van der Waals surface area contributed by atoms with Gasteiger partial charge in [-0.05, 0) is 35.0 Å². The molecule has 0 fully saturated rings. The van der Waals surface area contributed by atoms with E-state index in [0.717, 1.165) is 11.1 Å². The van der Waals surface area contributed by atoms with Crippen LogP contribution in [0.2, 0.25) is 0 Å². The van der Waals surface area contributed by atoms with E-state index in [9.17, 15) is 4.79 Å². The molecule has 0 saturated heterocycles. The van der Waals surface area contributed by atoms with Gasteiger partial charge in [0.25, 0.3) is 0 Å². The molecule has 0 radical (unpaired) electrons. The Kier molecular flexibility index (Phi) is 5.01. The summed E-state index contributed by atoms with van der Waals surface area (Å²) in [6.45, 7) is 2.02. The van der Waals surface area contributed by atoms with E-state index in [1.807, 2.05) is 19.1 Å². The maximum atomic E-state index is 11.8. The lowest BCUT2D eigenvalue weighted by Gasteiger charge is -2.07. The van der Waals surface area contributed by atoms with Crippen LogP contribution < -0.4 is 5.32 Å². The highest BCUT2D eigenvalue weighted by molar-refractivity contribution is 5.90. The van der Waals surface area contributed by atoms with E-state index in [-0.39, 0.29) is 19.1 Å². The number of nitrogens with zero attached hydrogens (tertiary/aromatic N) is 4. The number of aliphatic hydroxyl groups is 1. The number of rotatable bonds is 4. The molecular weight excluding hydrogens is 270 g/mol. The summed E-state index contributed by atoms with van der Waals surface area (Å²) in [4.78, 5) is 11.8. The SMILES string of the molecule is Cc1ccc(NC(=O)Cn2cnnn2)cc1C#CCCO. The topological polar surface area (TPSA) is 92.9 Å². The summed E-state index contributed by atoms with van der Waals surface area (Å²) in [6, 6.07) is 5.50. The van der Waals surface area contributed by atoms with Crippen molar-refractivity contribution in [3.8, 4) is 11.8 Å². The Morgan fingerprint density at radius 1 is 1.48 bits per heavy atom. The molecule has 0 aliphatic heterocycles. The third-order valence-corrected chi connectivity index (χ3v) is 2.68. The Bertz CT molecular complexity index is 670. The fraction of sp³-hybridized carbons (Fsp3) is 0.286. The summed E-state index contributed by atoms with van der Waals surface area (Å²) in [7, 11) is 0. The highest BCUT2D eigenvalue weighted by atomic mass is 16.2. The summed E-state index contributed by atoms with van der Waals surface area (Å²) in [5.41, 5.74) is 2.49. The van der Waals surface area contributed by atoms with Crippen molar-refractivity contribution in [3.05, 3.63) is 35.7 Å². The van der Waals surface area contributed by atoms with Crippen LogP contribution in [0.25, 0.3) is 0 Å². The fourth-order valence-electron chi connectivity index (χ4n) is 1.65. The first-order valence-corrected chi connectivity index (χ1v) is 6.40. The molecule has 1 amide bonds. The number of aryl methyl sites for hydroxylation is 1. The van der Waals surface area contributed by atoms with E-state index in [1.165, 1.54) is 11.0 Å². The molecule has 2 rings (SSSR count). The number of carbonyl (C=O) groups is 1. The van der Waals surface area contributed by atoms with E-state index in [2.05, 4.69) is 32.7 Å². The molecule has 2 N–H and O–H groups in total. The maximum absolute atomic E-state index is 11.8. The second-order valence-electron chi connectivity index (χ2n) is 4.36. The number of aromatic nitrogens is 4. The Balaban J connectivity index is 2.05. The van der Waals surface area contributed by atoms with Crippen molar-refractivity contribution in [1.29, 1.82) is 0 Å². The second-order valence-corrected chi connectivity index (χ2v) is 4.36. The van der Waals surface area contributed by atoms with Gasteiger partial charge in [0.1, 0.15) is 12.9 Å². The van der Waals surface area contributed by atoms with Gasteiger partial charge in [0, 0.05) is 17.7 Å². The predicted molar refractivity (Wildman–Crippen MR) is 76.2 cm³/mol. The van der Waals surface area contributed by atoms with Crippen LogP contribution in [0.15, 0.2) is 24.5 Å². The zero-order valence-electron chi connectivity index (χ0n) is 11.6. The molecule has 1 aromatic carbocycles. The van der Waals surface area contributed by atoms with Crippen molar-refractivity contribution < 1.29 is 9.90 Å². The maximum Gasteiger partial charge on any atom is 0.246 e. The summed E-state index contributed by atoms with van der Waals surface area (Å²) in [5.74, 6) is 5.62. The van der Waals surface area contributed by atoms with E-state index in [1.54, 1.807) is 6.07 Å². The van der Waals surface area contributed by atoms with Gasteiger partial charge >= 0.3 is 0 Å². The molecule has 0 unspecified atom stereocenters. The van der Waals surface area contributed by atoms with E-state index in [0.29, 0.717) is 12.1 Å². The molecule has 7 nitrogen and oxygen atoms in total. The molecule has 0 atom stereocenters. The highest BCUT2D eigenvalue weighted by Gasteiger charge is 2.05. The number of anilines is 1. The third-order valence-electron chi connectivity index (χ3n) is 2.68. The molecular formula is C14H15N5O2. The van der Waals surface area contributed by atoms with Crippen molar-refractivity contribution in [1.82, 2.24) is 20.2 Å². The fourth-order valence-corrected chi connectivity index (χ4v) is 1.65. The van der Waals surface area contributed by atoms with Gasteiger partial charge in [-0.15, -0.1) is 5.10 Å². The Morgan fingerprint density at radius 2 is 2.33 bits per heavy atom. The van der Waals surface area contributed by atoms with Crippen LogP contribution >= 0.6 is 0 Å². The molecule has 0 aliphatic rings. The minimum absolute atomic E-state index is 0.0361. The monoisotopic (exact) mass is 285 g/mol. The molecule has 0 aliphatic carbocycles. The van der Waals surface area contributed by atoms with Crippen LogP contribution in [0, 0.1) is 18.8 Å². The van der Waals surface area contributed by atoms with Gasteiger partial charge < -0.3 is 10.4 Å². The number of carbonyl (C=O) groups excluding carboxylic acids is 1. The van der Waals surface area contributed by atoms with Crippen LogP contribution in [0.4, 0.5) is 5.69 Å². The first-order chi connectivity index (χ1) is 10.2. The van der Waals surface area contributed by atoms with Crippen molar-refractivity contribution in [2.75, 3.05) is 11.9 Å². The highest BCUT2D eigenvalue weighted by Crippen LogP contribution is 2.14. The van der Waals surface area contributed by atoms with Gasteiger partial charge in [0.05, 0.1) is 6.61 Å². The van der Waals surface area contributed by atoms with Gasteiger partial charge in [-0.1, -0.05) is 17.9 Å². The zero-order valence-corrected chi connectivity index (χ0v) is 11.6. The molecule has 1 heterocycles. The minimum Gasteiger partial charge on any atom is -0.395 e. The minimum atomic E-state index is -0.222. The third kappa shape index (κ3) is 4.40. The van der Waals surface area contributed by atoms with Crippen molar-refractivity contribution in [2.45, 2.75) is 19.9 Å². The van der Waals surface area contributed by atoms with Gasteiger partial charge in [-0.3, -0.25) is 4.79 Å². The first-order valence-electron chi connectivity index (χ1n) is 6.40. The van der Waals surface area contributed by atoms with Gasteiger partial charge in [-0.2, -0.15) is 0 Å². The smallest absolute Gasteiger partial charge is 0.246 e. The van der Waals surface area contributed by atoms with Gasteiger partial charge in [-0.25, -0.2) is 4.68 Å². The van der Waals surface area contributed by atoms with E-state index < -0.39 is 0 Å². The van der Waals surface area contributed by atoms with Crippen molar-refractivity contribution in [3.63, 3.8) is 0 Å². The lowest BCUT2D eigenvalue weighted by Crippen LogP contribution is -2.19. The molecule has 0 bridgehead atoms. The lowest BCUT2D eigenvalue weighted by molar-refractivity contribution is -0.116. The summed E-state index contributed by atoms with van der Waals surface area (Å²) < 4.78 is 1.34. The van der Waals surface area contributed by atoms with E-state index >= 15 is 0 Å². The lowest BCUT2D eigenvalue weighted by atomic mass is 10.1. The molecule has 21 heavy (non-hydrogen) atoms. The average Bonchev–Trinajstić information content (AvgIpc) is 2.95. The number of hydrogen-bond acceptors (Lipinski definition) is 5. The Hall–Kier alpha value is -2.72. The Morgan fingerprint density at radius 3 is 3.05 bits per heavy atom. The quantitative estimate of drug-likeness (QED) is 0.791. The first kappa shape index (κ1) is 14.7. The molecule has 2 aromatic rings. The largest absolute Gasteiger partial charge is 0.395 e. The van der Waals surface area contributed by atoms with Crippen LogP contribution in [0.1, 0.15) is 17.5 Å². The summed E-state index contributed by atoms with van der Waals surface area (Å²) >= 11 is 0. The number of amides is 1. The summed E-state index contributed by atoms with van der Waals surface area (Å²) in [6.07, 6.45) is 1.80. The number of aliphatic hydroxyl groups excluding tert-OH is 1. The number of nitrogens with one attached hydrogen (secondary N) is 1. The van der Waals surface area contributed by atoms with Crippen molar-refractivity contribution in [2.24, 2.45) is 0 Å². The molecule has 1 aromatic heterocycles. The normalized spacial score (nSPS) is 9.81. The molecule has 108 valence electrons. The number of benzene rings is 1. The van der Waals surface area contributed by atoms with Crippen LogP contribution in [0.3, 0.4) is 0 Å².